The quantitative estimate of drug-likeness (QED) is 0.809. The average molecular weight is 315 g/mol. The van der Waals surface area contributed by atoms with Crippen LogP contribution in [0.4, 0.5) is 21.0 Å². The average Bonchev–Trinajstić information content (AvgIpc) is 2.76. The summed E-state index contributed by atoms with van der Waals surface area (Å²) in [5, 5.41) is 5.87. The fraction of sp³-hybridized carbons (Fsp3) is 0.167. The molecule has 0 saturated carbocycles. The lowest BCUT2D eigenvalue weighted by atomic mass is 10.3. The Kier molecular flexibility index (Phi) is 4.41. The number of nitrogens with one attached hydrogen (secondary N) is 2. The van der Waals surface area contributed by atoms with Gasteiger partial charge in [0.05, 0.1) is 10.7 Å². The Hall–Kier alpha value is -1.86. The van der Waals surface area contributed by atoms with Crippen LogP contribution in [0.1, 0.15) is 16.6 Å². The highest BCUT2D eigenvalue weighted by molar-refractivity contribution is 7.18. The predicted octanol–water partition coefficient (Wildman–Crippen LogP) is 3.20. The van der Waals surface area contributed by atoms with Crippen LogP contribution in [-0.4, -0.2) is 17.4 Å². The molecular weight excluding hydrogens is 303 g/mol. The molecule has 1 aromatic heterocycles. The van der Waals surface area contributed by atoms with Gasteiger partial charge in [-0.15, -0.1) is 0 Å². The minimum Gasteiger partial charge on any atom is -0.382 e. The van der Waals surface area contributed by atoms with Gasteiger partial charge in [0, 0.05) is 6.54 Å². The van der Waals surface area contributed by atoms with Gasteiger partial charge in [0.25, 0.3) is 5.91 Å². The van der Waals surface area contributed by atoms with Crippen molar-refractivity contribution in [2.45, 2.75) is 6.92 Å². The number of nitrogen functional groups attached to an aromatic ring is 1. The van der Waals surface area contributed by atoms with E-state index in [-0.39, 0.29) is 21.4 Å². The molecule has 0 saturated heterocycles. The molecule has 1 aromatic carbocycles. The molecule has 0 atom stereocenters. The predicted molar refractivity (Wildman–Crippen MR) is 80.1 cm³/mol. The Morgan fingerprint density at radius 2 is 2.30 bits per heavy atom. The van der Waals surface area contributed by atoms with Crippen LogP contribution >= 0.6 is 22.9 Å². The number of thiazole rings is 1. The van der Waals surface area contributed by atoms with Crippen LogP contribution in [0.5, 0.6) is 0 Å². The maximum Gasteiger partial charge on any atom is 0.269 e. The van der Waals surface area contributed by atoms with Crippen molar-refractivity contribution >= 4 is 45.5 Å². The standard InChI is InChI=1S/C12H12ClFN4OS/c1-2-16-12-18-10(15)9(20-12)11(19)17-7-5-3-4-6(13)8(7)14/h3-5H,2,15H2,1H3,(H,16,18)(H,17,19). The maximum absolute atomic E-state index is 13.7. The number of anilines is 3. The molecule has 5 nitrogen and oxygen atoms in total. The molecule has 0 aliphatic heterocycles. The summed E-state index contributed by atoms with van der Waals surface area (Å²) < 4.78 is 13.7. The molecule has 1 amide bonds. The maximum atomic E-state index is 13.7. The van der Waals surface area contributed by atoms with Gasteiger partial charge in [-0.2, -0.15) is 0 Å². The first-order valence-electron chi connectivity index (χ1n) is 5.78. The highest BCUT2D eigenvalue weighted by atomic mass is 35.5. The molecule has 0 bridgehead atoms. The highest BCUT2D eigenvalue weighted by Gasteiger charge is 2.18. The van der Waals surface area contributed by atoms with Crippen molar-refractivity contribution in [1.29, 1.82) is 0 Å². The molecular formula is C12H12ClFN4OS. The number of amides is 1. The van der Waals surface area contributed by atoms with E-state index >= 15 is 0 Å². The van der Waals surface area contributed by atoms with Crippen molar-refractivity contribution in [3.8, 4) is 0 Å². The fourth-order valence-corrected chi connectivity index (χ4v) is 2.52. The molecule has 0 aliphatic carbocycles. The molecule has 106 valence electrons. The third-order valence-corrected chi connectivity index (χ3v) is 3.71. The molecule has 4 N–H and O–H groups in total. The first-order valence-corrected chi connectivity index (χ1v) is 6.98. The summed E-state index contributed by atoms with van der Waals surface area (Å²) in [5.74, 6) is -1.10. The van der Waals surface area contributed by atoms with Crippen molar-refractivity contribution < 1.29 is 9.18 Å². The van der Waals surface area contributed by atoms with Gasteiger partial charge in [-0.3, -0.25) is 4.79 Å². The molecule has 2 rings (SSSR count). The summed E-state index contributed by atoms with van der Waals surface area (Å²) in [6.45, 7) is 2.57. The van der Waals surface area contributed by atoms with Crippen LogP contribution in [0.3, 0.4) is 0 Å². The molecule has 0 unspecified atom stereocenters. The Morgan fingerprint density at radius 1 is 1.55 bits per heavy atom. The second-order valence-electron chi connectivity index (χ2n) is 3.82. The normalized spacial score (nSPS) is 10.3. The van der Waals surface area contributed by atoms with Crippen LogP contribution in [0.2, 0.25) is 5.02 Å². The molecule has 20 heavy (non-hydrogen) atoms. The van der Waals surface area contributed by atoms with E-state index in [4.69, 9.17) is 17.3 Å². The van der Waals surface area contributed by atoms with E-state index in [0.717, 1.165) is 11.3 Å². The van der Waals surface area contributed by atoms with Gasteiger partial charge in [0.15, 0.2) is 10.9 Å². The summed E-state index contributed by atoms with van der Waals surface area (Å²) in [7, 11) is 0. The van der Waals surface area contributed by atoms with Gasteiger partial charge < -0.3 is 16.4 Å². The first-order chi connectivity index (χ1) is 9.52. The van der Waals surface area contributed by atoms with Crippen LogP contribution in [0, 0.1) is 5.82 Å². The Morgan fingerprint density at radius 3 is 3.00 bits per heavy atom. The number of carbonyl (C=O) groups excluding carboxylic acids is 1. The molecule has 0 aliphatic rings. The summed E-state index contributed by atoms with van der Waals surface area (Å²) >= 11 is 6.76. The largest absolute Gasteiger partial charge is 0.382 e. The lowest BCUT2D eigenvalue weighted by molar-refractivity contribution is 0.103. The number of hydrogen-bond acceptors (Lipinski definition) is 5. The molecule has 8 heteroatoms. The number of nitrogens with zero attached hydrogens (tertiary/aromatic N) is 1. The summed E-state index contributed by atoms with van der Waals surface area (Å²) in [6.07, 6.45) is 0. The topological polar surface area (TPSA) is 80.0 Å². The number of aromatic nitrogens is 1. The molecule has 2 aromatic rings. The monoisotopic (exact) mass is 314 g/mol. The zero-order chi connectivity index (χ0) is 14.7. The van der Waals surface area contributed by atoms with Crippen molar-refractivity contribution in [3.05, 3.63) is 33.9 Å². The lowest BCUT2D eigenvalue weighted by Crippen LogP contribution is -2.13. The van der Waals surface area contributed by atoms with Gasteiger partial charge in [0.2, 0.25) is 0 Å². The van der Waals surface area contributed by atoms with Crippen LogP contribution < -0.4 is 16.4 Å². The van der Waals surface area contributed by atoms with Gasteiger partial charge in [-0.05, 0) is 19.1 Å². The third kappa shape index (κ3) is 3.00. The van der Waals surface area contributed by atoms with E-state index in [1.807, 2.05) is 6.92 Å². The Labute approximate surface area is 124 Å². The van der Waals surface area contributed by atoms with Gasteiger partial charge in [0.1, 0.15) is 10.7 Å². The van der Waals surface area contributed by atoms with Crippen molar-refractivity contribution in [2.24, 2.45) is 0 Å². The first kappa shape index (κ1) is 14.5. The number of carbonyl (C=O) groups is 1. The zero-order valence-corrected chi connectivity index (χ0v) is 12.1. The third-order valence-electron chi connectivity index (χ3n) is 2.39. The van der Waals surface area contributed by atoms with Crippen molar-refractivity contribution in [2.75, 3.05) is 22.9 Å². The minimum atomic E-state index is -0.683. The SMILES string of the molecule is CCNc1nc(N)c(C(=O)Nc2cccc(Cl)c2F)s1. The summed E-state index contributed by atoms with van der Waals surface area (Å²) in [6, 6.07) is 4.36. The van der Waals surface area contributed by atoms with Gasteiger partial charge in [-0.25, -0.2) is 9.37 Å². The second kappa shape index (κ2) is 6.06. The minimum absolute atomic E-state index is 0.000278. The number of nitrogens with two attached hydrogens (primary N) is 1. The van der Waals surface area contributed by atoms with E-state index in [1.165, 1.54) is 12.1 Å². The van der Waals surface area contributed by atoms with Gasteiger partial charge in [-0.1, -0.05) is 29.0 Å². The molecule has 0 radical (unpaired) electrons. The van der Waals surface area contributed by atoms with Crippen LogP contribution in [-0.2, 0) is 0 Å². The second-order valence-corrected chi connectivity index (χ2v) is 5.23. The zero-order valence-electron chi connectivity index (χ0n) is 10.5. The van der Waals surface area contributed by atoms with Crippen LogP contribution in [0.25, 0.3) is 0 Å². The molecule has 1 heterocycles. The van der Waals surface area contributed by atoms with Gasteiger partial charge >= 0.3 is 0 Å². The fourth-order valence-electron chi connectivity index (χ4n) is 1.50. The molecule has 0 spiro atoms. The highest BCUT2D eigenvalue weighted by Crippen LogP contribution is 2.27. The van der Waals surface area contributed by atoms with Crippen molar-refractivity contribution in [1.82, 2.24) is 4.98 Å². The van der Waals surface area contributed by atoms with E-state index in [2.05, 4.69) is 15.6 Å². The van der Waals surface area contributed by atoms with Crippen LogP contribution in [0.15, 0.2) is 18.2 Å². The number of halogens is 2. The van der Waals surface area contributed by atoms with E-state index < -0.39 is 11.7 Å². The lowest BCUT2D eigenvalue weighted by Gasteiger charge is -2.05. The van der Waals surface area contributed by atoms with E-state index in [0.29, 0.717) is 11.7 Å². The Balaban J connectivity index is 2.22. The number of hydrogen-bond donors (Lipinski definition) is 3. The summed E-state index contributed by atoms with van der Waals surface area (Å²) in [4.78, 5) is 16.3. The summed E-state index contributed by atoms with van der Waals surface area (Å²) in [5.41, 5.74) is 5.67. The molecule has 0 fully saturated rings. The van der Waals surface area contributed by atoms with Crippen molar-refractivity contribution in [3.63, 3.8) is 0 Å². The number of benzene rings is 1. The van der Waals surface area contributed by atoms with E-state index in [1.54, 1.807) is 6.07 Å². The Bertz CT molecular complexity index is 646. The van der Waals surface area contributed by atoms with E-state index in [9.17, 15) is 9.18 Å². The smallest absolute Gasteiger partial charge is 0.269 e. The number of rotatable bonds is 4.